The van der Waals surface area contributed by atoms with Crippen molar-refractivity contribution >= 4 is 46.9 Å². The zero-order valence-corrected chi connectivity index (χ0v) is 25.5. The molecule has 16 heteroatoms. The lowest BCUT2D eigenvalue weighted by Crippen LogP contribution is -2.42. The van der Waals surface area contributed by atoms with E-state index in [4.69, 9.17) is 31.1 Å². The van der Waals surface area contributed by atoms with Crippen LogP contribution in [0, 0.1) is 11.8 Å². The van der Waals surface area contributed by atoms with Crippen molar-refractivity contribution in [3.05, 3.63) is 72.4 Å². The number of likely N-dealkylation sites (tertiary alicyclic amines) is 1. The van der Waals surface area contributed by atoms with Gasteiger partial charge in [0, 0.05) is 36.3 Å². The van der Waals surface area contributed by atoms with Gasteiger partial charge < -0.3 is 36.4 Å². The number of carboxylic acid groups (broad SMARTS) is 3. The number of carboxylic acids is 3. The first kappa shape index (κ1) is 34.5. The normalized spacial score (nSPS) is 13.9. The monoisotopic (exact) mass is 657 g/mol. The number of amides is 2. The van der Waals surface area contributed by atoms with Crippen LogP contribution in [0.15, 0.2) is 61.1 Å². The van der Waals surface area contributed by atoms with Crippen LogP contribution in [0.2, 0.25) is 0 Å². The Kier molecular flexibility index (Phi) is 10.7. The highest BCUT2D eigenvalue weighted by Gasteiger charge is 2.41. The van der Waals surface area contributed by atoms with E-state index in [0.717, 1.165) is 18.4 Å². The van der Waals surface area contributed by atoms with E-state index >= 15 is 0 Å². The quantitative estimate of drug-likeness (QED) is 0.141. The average Bonchev–Trinajstić information content (AvgIpc) is 3.67. The highest BCUT2D eigenvalue weighted by atomic mass is 16.4. The second kappa shape index (κ2) is 14.8. The van der Waals surface area contributed by atoms with E-state index in [1.54, 1.807) is 60.7 Å². The summed E-state index contributed by atoms with van der Waals surface area (Å²) in [4.78, 5) is 70.7. The zero-order chi connectivity index (χ0) is 35.0. The number of nitrogens with zero attached hydrogens (tertiary/aromatic N) is 5. The van der Waals surface area contributed by atoms with Gasteiger partial charge in [0.1, 0.15) is 28.7 Å². The number of imidazole rings is 1. The van der Waals surface area contributed by atoms with E-state index < -0.39 is 36.4 Å². The summed E-state index contributed by atoms with van der Waals surface area (Å²) in [7, 11) is 0. The summed E-state index contributed by atoms with van der Waals surface area (Å²) in [6, 6.07) is 12.2. The van der Waals surface area contributed by atoms with Crippen molar-refractivity contribution in [2.75, 3.05) is 17.6 Å². The van der Waals surface area contributed by atoms with Gasteiger partial charge in [-0.2, -0.15) is 0 Å². The van der Waals surface area contributed by atoms with E-state index in [2.05, 4.69) is 27.1 Å². The number of carbonyl (C=O) groups excluding carboxylic acids is 2. The fourth-order valence-electron chi connectivity index (χ4n) is 5.10. The third-order valence-electron chi connectivity index (χ3n) is 7.27. The van der Waals surface area contributed by atoms with Crippen LogP contribution < -0.4 is 11.1 Å². The Morgan fingerprint density at radius 2 is 1.69 bits per heavy atom. The van der Waals surface area contributed by atoms with Crippen LogP contribution in [0.4, 0.5) is 11.6 Å². The summed E-state index contributed by atoms with van der Waals surface area (Å²) in [5, 5.41) is 36.6. The maximum Gasteiger partial charge on any atom is 0.336 e. The summed E-state index contributed by atoms with van der Waals surface area (Å²) in [6.07, 6.45) is 4.40. The fourth-order valence-corrected chi connectivity index (χ4v) is 5.10. The number of nitrogens with one attached hydrogen (secondary N) is 1. The van der Waals surface area contributed by atoms with Crippen LogP contribution >= 0.6 is 0 Å². The summed E-state index contributed by atoms with van der Waals surface area (Å²) in [5.74, 6) is 1.37. The van der Waals surface area contributed by atoms with Gasteiger partial charge in [-0.15, -0.1) is 0 Å². The first-order chi connectivity index (χ1) is 22.8. The smallest absolute Gasteiger partial charge is 0.336 e. The number of aromatic nitrogens is 4. The number of carbonyl (C=O) groups is 5. The van der Waals surface area contributed by atoms with Gasteiger partial charge in [-0.3, -0.25) is 23.6 Å². The van der Waals surface area contributed by atoms with Crippen molar-refractivity contribution in [3.63, 3.8) is 0 Å². The maximum atomic E-state index is 12.6. The number of rotatable bonds is 9. The molecule has 0 bridgehead atoms. The molecule has 5 rings (SSSR count). The molecule has 248 valence electrons. The van der Waals surface area contributed by atoms with Gasteiger partial charge in [-0.25, -0.2) is 19.7 Å². The number of pyridine rings is 1. The summed E-state index contributed by atoms with van der Waals surface area (Å²) >= 11 is 0. The Labute approximate surface area is 272 Å². The number of fused-ring (bicyclic) bond motifs is 1. The Hall–Kier alpha value is -6.34. The number of hydrogen-bond acceptors (Lipinski definition) is 10. The molecule has 16 nitrogen and oxygen atoms in total. The Morgan fingerprint density at radius 3 is 2.27 bits per heavy atom. The molecule has 1 aliphatic rings. The van der Waals surface area contributed by atoms with Crippen molar-refractivity contribution in [2.45, 2.75) is 44.2 Å². The Balaban J connectivity index is 0.000000341. The predicted octanol–water partition coefficient (Wildman–Crippen LogP) is 2.06. The summed E-state index contributed by atoms with van der Waals surface area (Å²) < 4.78 is 1.90. The summed E-state index contributed by atoms with van der Waals surface area (Å²) in [6.45, 7) is 2.28. The number of nitrogen functional groups attached to an aromatic ring is 1. The second-order valence-corrected chi connectivity index (χ2v) is 10.6. The maximum absolute atomic E-state index is 12.6. The molecule has 1 fully saturated rings. The van der Waals surface area contributed by atoms with Crippen LogP contribution in [0.3, 0.4) is 0 Å². The van der Waals surface area contributed by atoms with Crippen molar-refractivity contribution in [2.24, 2.45) is 0 Å². The number of aliphatic carboxylic acids is 3. The van der Waals surface area contributed by atoms with E-state index in [1.165, 1.54) is 0 Å². The molecule has 0 radical (unpaired) electrons. The SMILES string of the molecule is CC#CC(=O)N1CCC[C@H]1c1nc(-c2ccc(C(=O)Nc3ccccn3)cc2)c2c(N)nccn12.O=C(O)CC(O)(CC(=O)O)C(=O)O. The van der Waals surface area contributed by atoms with Crippen molar-refractivity contribution in [1.82, 2.24) is 24.3 Å². The van der Waals surface area contributed by atoms with Crippen LogP contribution in [-0.4, -0.2) is 86.5 Å². The molecule has 4 heterocycles. The molecule has 7 N–H and O–H groups in total. The first-order valence-electron chi connectivity index (χ1n) is 14.4. The van der Waals surface area contributed by atoms with Gasteiger partial charge in [0.05, 0.1) is 18.9 Å². The van der Waals surface area contributed by atoms with E-state index in [0.29, 0.717) is 40.8 Å². The van der Waals surface area contributed by atoms with Gasteiger partial charge in [-0.1, -0.05) is 24.1 Å². The molecule has 1 saturated heterocycles. The molecule has 0 saturated carbocycles. The molecule has 2 amide bonds. The number of benzene rings is 1. The largest absolute Gasteiger partial charge is 0.481 e. The number of nitrogens with two attached hydrogens (primary N) is 1. The molecule has 1 aliphatic heterocycles. The predicted molar refractivity (Wildman–Crippen MR) is 169 cm³/mol. The van der Waals surface area contributed by atoms with Crippen LogP contribution in [0.1, 0.15) is 54.8 Å². The van der Waals surface area contributed by atoms with Crippen LogP contribution in [0.25, 0.3) is 16.8 Å². The molecular weight excluding hydrogens is 626 g/mol. The van der Waals surface area contributed by atoms with Crippen LogP contribution in [-0.2, 0) is 19.2 Å². The fraction of sp³-hybridized carbons (Fsp3) is 0.250. The molecule has 0 aliphatic carbocycles. The molecule has 0 spiro atoms. The second-order valence-electron chi connectivity index (χ2n) is 10.6. The average molecular weight is 658 g/mol. The van der Waals surface area contributed by atoms with Crippen molar-refractivity contribution < 1.29 is 44.4 Å². The number of anilines is 2. The molecule has 1 atom stereocenters. The minimum absolute atomic E-state index is 0.210. The summed E-state index contributed by atoms with van der Waals surface area (Å²) in [5.41, 5.74) is 6.10. The first-order valence-corrected chi connectivity index (χ1v) is 14.4. The lowest BCUT2D eigenvalue weighted by molar-refractivity contribution is -0.170. The molecule has 48 heavy (non-hydrogen) atoms. The van der Waals surface area contributed by atoms with E-state index in [-0.39, 0.29) is 17.9 Å². The van der Waals surface area contributed by atoms with Gasteiger partial charge in [0.15, 0.2) is 5.60 Å². The number of aliphatic hydroxyl groups is 1. The van der Waals surface area contributed by atoms with E-state index in [1.807, 2.05) is 16.5 Å². The van der Waals surface area contributed by atoms with Crippen LogP contribution in [0.5, 0.6) is 0 Å². The minimum Gasteiger partial charge on any atom is -0.481 e. The molecule has 3 aromatic heterocycles. The third kappa shape index (κ3) is 7.89. The standard InChI is InChI=1S/C26H23N7O2.C6H8O7/c1-2-6-21(34)32-15-5-7-19(32)25-31-22(23-24(27)29-14-16-33(23)25)17-9-11-18(12-10-17)26(35)30-20-8-3-4-13-28-20;7-3(8)1-6(13,5(11)12)2-4(9)10/h3-4,8-14,16,19H,5,7,15H2,1H3,(H2,27,29)(H,28,30,35);13H,1-2H2,(H,7,8)(H,9,10)(H,11,12)/t19-;/m0./s1. The molecule has 1 aromatic carbocycles. The highest BCUT2D eigenvalue weighted by Crippen LogP contribution is 2.36. The van der Waals surface area contributed by atoms with Crippen molar-refractivity contribution in [3.8, 4) is 23.1 Å². The Bertz CT molecular complexity index is 1900. The molecule has 4 aromatic rings. The van der Waals surface area contributed by atoms with Gasteiger partial charge >= 0.3 is 17.9 Å². The topological polar surface area (TPSA) is 251 Å². The third-order valence-corrected chi connectivity index (χ3v) is 7.27. The van der Waals surface area contributed by atoms with Gasteiger partial charge in [-0.05, 0) is 50.0 Å². The Morgan fingerprint density at radius 1 is 1.00 bits per heavy atom. The highest BCUT2D eigenvalue weighted by molar-refractivity contribution is 6.04. The molecular formula is C32H31N7O9. The van der Waals surface area contributed by atoms with Gasteiger partial charge in [0.25, 0.3) is 11.8 Å². The van der Waals surface area contributed by atoms with Crippen molar-refractivity contribution in [1.29, 1.82) is 0 Å². The minimum atomic E-state index is -2.74. The van der Waals surface area contributed by atoms with E-state index in [9.17, 15) is 24.0 Å². The number of hydrogen-bond donors (Lipinski definition) is 6. The lowest BCUT2D eigenvalue weighted by atomic mass is 9.96. The van der Waals surface area contributed by atoms with Gasteiger partial charge in [0.2, 0.25) is 0 Å². The zero-order valence-electron chi connectivity index (χ0n) is 25.5. The lowest BCUT2D eigenvalue weighted by Gasteiger charge is -2.21. The molecule has 0 unspecified atom stereocenters.